The lowest BCUT2D eigenvalue weighted by atomic mass is 10.0. The van der Waals surface area contributed by atoms with Crippen LogP contribution in [0.5, 0.6) is 0 Å². The van der Waals surface area contributed by atoms with Crippen LogP contribution in [0.15, 0.2) is 18.2 Å². The van der Waals surface area contributed by atoms with E-state index in [-0.39, 0.29) is 0 Å². The summed E-state index contributed by atoms with van der Waals surface area (Å²) in [5.41, 5.74) is 4.15. The molecular weight excluding hydrogens is 194 g/mol. The van der Waals surface area contributed by atoms with Crippen molar-refractivity contribution in [3.8, 4) is 0 Å². The van der Waals surface area contributed by atoms with Gasteiger partial charge in [-0.1, -0.05) is 36.2 Å². The number of benzene rings is 1. The van der Waals surface area contributed by atoms with E-state index in [9.17, 15) is 0 Å². The second-order valence-corrected chi connectivity index (χ2v) is 5.52. The van der Waals surface area contributed by atoms with Crippen molar-refractivity contribution >= 4 is 0 Å². The van der Waals surface area contributed by atoms with E-state index in [0.717, 1.165) is 11.8 Å². The van der Waals surface area contributed by atoms with Gasteiger partial charge in [-0.2, -0.15) is 0 Å². The summed E-state index contributed by atoms with van der Waals surface area (Å²) in [7, 11) is 0. The van der Waals surface area contributed by atoms with E-state index in [1.54, 1.807) is 0 Å². The van der Waals surface area contributed by atoms with Crippen molar-refractivity contribution in [3.05, 3.63) is 34.9 Å². The SMILES string of the molecule is Cc1cc(C)cc(C(C)NCC2CC2C)c1. The number of rotatable bonds is 4. The van der Waals surface area contributed by atoms with Crippen LogP contribution in [0.4, 0.5) is 0 Å². The van der Waals surface area contributed by atoms with Crippen molar-refractivity contribution in [2.75, 3.05) is 6.54 Å². The smallest absolute Gasteiger partial charge is 0.0292 e. The number of nitrogens with one attached hydrogen (secondary N) is 1. The molecule has 3 unspecified atom stereocenters. The first-order chi connectivity index (χ1) is 7.56. The first-order valence-corrected chi connectivity index (χ1v) is 6.38. The molecule has 1 aliphatic carbocycles. The van der Waals surface area contributed by atoms with Crippen molar-refractivity contribution in [2.45, 2.75) is 40.2 Å². The van der Waals surface area contributed by atoms with Crippen molar-refractivity contribution in [1.29, 1.82) is 0 Å². The highest BCUT2D eigenvalue weighted by Gasteiger charge is 2.32. The largest absolute Gasteiger partial charge is 0.310 e. The molecule has 0 saturated heterocycles. The molecule has 1 aromatic carbocycles. The first kappa shape index (κ1) is 11.7. The van der Waals surface area contributed by atoms with Crippen molar-refractivity contribution < 1.29 is 0 Å². The highest BCUT2D eigenvalue weighted by molar-refractivity contribution is 5.30. The standard InChI is InChI=1S/C15H23N/c1-10-5-11(2)7-14(6-10)13(4)16-9-15-8-12(15)3/h5-7,12-13,15-16H,8-9H2,1-4H3. The molecule has 0 spiro atoms. The van der Waals surface area contributed by atoms with Crippen LogP contribution in [-0.2, 0) is 0 Å². The van der Waals surface area contributed by atoms with E-state index in [1.165, 1.54) is 29.7 Å². The minimum absolute atomic E-state index is 0.478. The Morgan fingerprint density at radius 3 is 2.31 bits per heavy atom. The van der Waals surface area contributed by atoms with Gasteiger partial charge in [0, 0.05) is 6.04 Å². The van der Waals surface area contributed by atoms with Crippen LogP contribution in [0, 0.1) is 25.7 Å². The summed E-state index contributed by atoms with van der Waals surface area (Å²) in [5, 5.41) is 3.65. The average molecular weight is 217 g/mol. The highest BCUT2D eigenvalue weighted by atomic mass is 14.9. The van der Waals surface area contributed by atoms with Gasteiger partial charge in [-0.3, -0.25) is 0 Å². The third-order valence-electron chi connectivity index (χ3n) is 3.71. The molecule has 0 heterocycles. The zero-order chi connectivity index (χ0) is 11.7. The minimum Gasteiger partial charge on any atom is -0.310 e. The molecule has 0 aliphatic heterocycles. The van der Waals surface area contributed by atoms with Crippen LogP contribution in [-0.4, -0.2) is 6.54 Å². The zero-order valence-electron chi connectivity index (χ0n) is 10.9. The maximum absolute atomic E-state index is 3.65. The molecule has 88 valence electrons. The lowest BCUT2D eigenvalue weighted by Crippen LogP contribution is -2.21. The van der Waals surface area contributed by atoms with E-state index in [1.807, 2.05) is 0 Å². The summed E-state index contributed by atoms with van der Waals surface area (Å²) in [5.74, 6) is 1.87. The Morgan fingerprint density at radius 1 is 1.25 bits per heavy atom. The van der Waals surface area contributed by atoms with Crippen molar-refractivity contribution in [3.63, 3.8) is 0 Å². The maximum atomic E-state index is 3.65. The average Bonchev–Trinajstić information content (AvgIpc) is 2.89. The van der Waals surface area contributed by atoms with Crippen LogP contribution < -0.4 is 5.32 Å². The van der Waals surface area contributed by atoms with E-state index < -0.39 is 0 Å². The molecule has 2 rings (SSSR count). The van der Waals surface area contributed by atoms with Gasteiger partial charge < -0.3 is 5.32 Å². The summed E-state index contributed by atoms with van der Waals surface area (Å²) in [6.45, 7) is 10.1. The fraction of sp³-hybridized carbons (Fsp3) is 0.600. The van der Waals surface area contributed by atoms with Gasteiger partial charge in [0.25, 0.3) is 0 Å². The second-order valence-electron chi connectivity index (χ2n) is 5.52. The molecule has 0 amide bonds. The predicted octanol–water partition coefficient (Wildman–Crippen LogP) is 3.61. The Kier molecular flexibility index (Phi) is 3.34. The number of aryl methyl sites for hydroxylation is 2. The molecule has 1 nitrogen and oxygen atoms in total. The van der Waals surface area contributed by atoms with E-state index in [0.29, 0.717) is 6.04 Å². The quantitative estimate of drug-likeness (QED) is 0.812. The molecule has 3 atom stereocenters. The highest BCUT2D eigenvalue weighted by Crippen LogP contribution is 2.37. The molecule has 16 heavy (non-hydrogen) atoms. The zero-order valence-corrected chi connectivity index (χ0v) is 10.9. The van der Waals surface area contributed by atoms with Crippen LogP contribution in [0.1, 0.15) is 43.0 Å². The summed E-state index contributed by atoms with van der Waals surface area (Å²) >= 11 is 0. The topological polar surface area (TPSA) is 12.0 Å². The second kappa shape index (κ2) is 4.58. The van der Waals surface area contributed by atoms with Crippen LogP contribution >= 0.6 is 0 Å². The molecule has 1 N–H and O–H groups in total. The fourth-order valence-corrected chi connectivity index (χ4v) is 2.39. The van der Waals surface area contributed by atoms with Gasteiger partial charge in [-0.15, -0.1) is 0 Å². The molecule has 0 aromatic heterocycles. The minimum atomic E-state index is 0.478. The lowest BCUT2D eigenvalue weighted by molar-refractivity contribution is 0.535. The summed E-state index contributed by atoms with van der Waals surface area (Å²) in [6.07, 6.45) is 1.41. The molecule has 1 heteroatoms. The third kappa shape index (κ3) is 2.85. The number of hydrogen-bond acceptors (Lipinski definition) is 1. The Morgan fingerprint density at radius 2 is 1.81 bits per heavy atom. The van der Waals surface area contributed by atoms with E-state index >= 15 is 0 Å². The molecule has 0 bridgehead atoms. The summed E-state index contributed by atoms with van der Waals surface area (Å²) in [6, 6.07) is 7.30. The van der Waals surface area contributed by atoms with Crippen molar-refractivity contribution in [2.24, 2.45) is 11.8 Å². The van der Waals surface area contributed by atoms with Gasteiger partial charge >= 0.3 is 0 Å². The van der Waals surface area contributed by atoms with Crippen LogP contribution in [0.25, 0.3) is 0 Å². The molecule has 1 aliphatic rings. The number of hydrogen-bond donors (Lipinski definition) is 1. The molecule has 1 aromatic rings. The molecule has 1 saturated carbocycles. The fourth-order valence-electron chi connectivity index (χ4n) is 2.39. The first-order valence-electron chi connectivity index (χ1n) is 6.38. The molecule has 0 radical (unpaired) electrons. The normalized spacial score (nSPS) is 25.5. The Bertz CT molecular complexity index is 349. The molecular formula is C15H23N. The lowest BCUT2D eigenvalue weighted by Gasteiger charge is -2.15. The summed E-state index contributed by atoms with van der Waals surface area (Å²) < 4.78 is 0. The van der Waals surface area contributed by atoms with Gasteiger partial charge in [-0.25, -0.2) is 0 Å². The van der Waals surface area contributed by atoms with Gasteiger partial charge in [-0.05, 0) is 51.1 Å². The Hall–Kier alpha value is -0.820. The predicted molar refractivity (Wildman–Crippen MR) is 69.6 cm³/mol. The summed E-state index contributed by atoms with van der Waals surface area (Å²) in [4.78, 5) is 0. The van der Waals surface area contributed by atoms with Gasteiger partial charge in [0.05, 0.1) is 0 Å². The van der Waals surface area contributed by atoms with Gasteiger partial charge in [0.15, 0.2) is 0 Å². The maximum Gasteiger partial charge on any atom is 0.0292 e. The van der Waals surface area contributed by atoms with E-state index in [4.69, 9.17) is 0 Å². The van der Waals surface area contributed by atoms with Gasteiger partial charge in [0.1, 0.15) is 0 Å². The monoisotopic (exact) mass is 217 g/mol. The van der Waals surface area contributed by atoms with Crippen molar-refractivity contribution in [1.82, 2.24) is 5.32 Å². The third-order valence-corrected chi connectivity index (χ3v) is 3.71. The van der Waals surface area contributed by atoms with Gasteiger partial charge in [0.2, 0.25) is 0 Å². The van der Waals surface area contributed by atoms with Crippen LogP contribution in [0.2, 0.25) is 0 Å². The Labute approximate surface area is 99.3 Å². The van der Waals surface area contributed by atoms with Crippen LogP contribution in [0.3, 0.4) is 0 Å². The van der Waals surface area contributed by atoms with E-state index in [2.05, 4.69) is 51.2 Å². The molecule has 1 fully saturated rings. The Balaban J connectivity index is 1.94.